The summed E-state index contributed by atoms with van der Waals surface area (Å²) in [4.78, 5) is 21.9. The number of hydrogen-bond donors (Lipinski definition) is 2. The maximum absolute atomic E-state index is 9.74. The molecule has 0 aliphatic carbocycles. The molecule has 0 saturated carbocycles. The molecule has 0 aromatic carbocycles. The van der Waals surface area contributed by atoms with Gasteiger partial charge in [0.05, 0.1) is 6.61 Å². The summed E-state index contributed by atoms with van der Waals surface area (Å²) in [6.07, 6.45) is 3.21. The van der Waals surface area contributed by atoms with E-state index in [2.05, 4.69) is 43.6 Å². The van der Waals surface area contributed by atoms with Crippen LogP contribution in [0.15, 0.2) is 24.5 Å². The van der Waals surface area contributed by atoms with Gasteiger partial charge in [-0.2, -0.15) is 0 Å². The first-order valence-electron chi connectivity index (χ1n) is 8.96. The van der Waals surface area contributed by atoms with E-state index in [0.29, 0.717) is 18.1 Å². The van der Waals surface area contributed by atoms with E-state index >= 15 is 0 Å². The zero-order valence-corrected chi connectivity index (χ0v) is 15.4. The van der Waals surface area contributed by atoms with Gasteiger partial charge in [0.15, 0.2) is 5.82 Å². The second kappa shape index (κ2) is 7.92. The predicted molar refractivity (Wildman–Crippen MR) is 99.1 cm³/mol. The largest absolute Gasteiger partial charge is 0.396 e. The molecule has 8 heteroatoms. The molecule has 0 unspecified atom stereocenters. The third-order valence-corrected chi connectivity index (χ3v) is 4.63. The van der Waals surface area contributed by atoms with Gasteiger partial charge in [0.2, 0.25) is 0 Å². The van der Waals surface area contributed by atoms with Gasteiger partial charge in [0, 0.05) is 44.0 Å². The van der Waals surface area contributed by atoms with Crippen LogP contribution in [0.2, 0.25) is 0 Å². The van der Waals surface area contributed by atoms with Gasteiger partial charge in [-0.3, -0.25) is 0 Å². The lowest BCUT2D eigenvalue weighted by molar-refractivity contribution is 0.189. The first-order chi connectivity index (χ1) is 12.5. The number of nitrogens with zero attached hydrogens (tertiary/aromatic N) is 6. The standard InChI is InChI=1S/C18H26N6O2/c1-12-11-24(17-5-8-20-18(22-17)14(3)26)13(2)10-23(12)16-4-7-19-15(21-16)6-9-25/h4-5,7-8,12-14,25-26H,6,9-11H2,1-3H3/t12-,13+,14-/m1/s1. The lowest BCUT2D eigenvalue weighted by atomic mass is 10.1. The highest BCUT2D eigenvalue weighted by molar-refractivity contribution is 5.47. The van der Waals surface area contributed by atoms with Crippen molar-refractivity contribution in [3.05, 3.63) is 36.2 Å². The molecule has 3 heterocycles. The molecule has 0 spiro atoms. The van der Waals surface area contributed by atoms with Crippen molar-refractivity contribution in [2.24, 2.45) is 0 Å². The van der Waals surface area contributed by atoms with E-state index in [1.165, 1.54) is 0 Å². The average Bonchev–Trinajstić information content (AvgIpc) is 2.64. The summed E-state index contributed by atoms with van der Waals surface area (Å²) in [5.74, 6) is 2.81. The highest BCUT2D eigenvalue weighted by Gasteiger charge is 2.31. The van der Waals surface area contributed by atoms with Gasteiger partial charge >= 0.3 is 0 Å². The highest BCUT2D eigenvalue weighted by atomic mass is 16.3. The van der Waals surface area contributed by atoms with E-state index in [4.69, 9.17) is 5.11 Å². The van der Waals surface area contributed by atoms with Crippen LogP contribution in [-0.2, 0) is 6.42 Å². The Morgan fingerprint density at radius 3 is 2.19 bits per heavy atom. The molecule has 0 amide bonds. The summed E-state index contributed by atoms with van der Waals surface area (Å²) in [7, 11) is 0. The van der Waals surface area contributed by atoms with Crippen LogP contribution in [0.1, 0.15) is 38.5 Å². The van der Waals surface area contributed by atoms with E-state index in [9.17, 15) is 5.11 Å². The minimum absolute atomic E-state index is 0.0442. The fraction of sp³-hybridized carbons (Fsp3) is 0.556. The Morgan fingerprint density at radius 1 is 1.04 bits per heavy atom. The number of aliphatic hydroxyl groups is 2. The lowest BCUT2D eigenvalue weighted by Crippen LogP contribution is -2.57. The van der Waals surface area contributed by atoms with Gasteiger partial charge in [-0.15, -0.1) is 0 Å². The Hall–Kier alpha value is -2.32. The summed E-state index contributed by atoms with van der Waals surface area (Å²) in [5, 5.41) is 18.8. The molecule has 3 rings (SSSR count). The summed E-state index contributed by atoms with van der Waals surface area (Å²) in [6.45, 7) is 7.61. The van der Waals surface area contributed by atoms with Crippen LogP contribution >= 0.6 is 0 Å². The molecule has 0 bridgehead atoms. The van der Waals surface area contributed by atoms with E-state index in [0.717, 1.165) is 24.7 Å². The Kier molecular flexibility index (Phi) is 5.63. The van der Waals surface area contributed by atoms with Crippen molar-refractivity contribution in [3.8, 4) is 0 Å². The van der Waals surface area contributed by atoms with Gasteiger partial charge in [0.25, 0.3) is 0 Å². The summed E-state index contributed by atoms with van der Waals surface area (Å²) >= 11 is 0. The van der Waals surface area contributed by atoms with Crippen LogP contribution in [0, 0.1) is 0 Å². The second-order valence-corrected chi connectivity index (χ2v) is 6.76. The number of aromatic nitrogens is 4. The van der Waals surface area contributed by atoms with Gasteiger partial charge in [0.1, 0.15) is 23.6 Å². The molecule has 140 valence electrons. The average molecular weight is 358 g/mol. The normalized spacial score (nSPS) is 21.7. The summed E-state index contributed by atoms with van der Waals surface area (Å²) in [6, 6.07) is 4.25. The SMILES string of the molecule is C[C@@H]1CN(c2ccnc([C@@H](C)O)n2)[C@@H](C)CN1c1ccnc(CCO)n1. The molecular weight excluding hydrogens is 332 g/mol. The first kappa shape index (κ1) is 18.5. The van der Waals surface area contributed by atoms with Crippen LogP contribution in [0.5, 0.6) is 0 Å². The first-order valence-corrected chi connectivity index (χ1v) is 8.96. The zero-order chi connectivity index (χ0) is 18.7. The molecule has 0 radical (unpaired) electrons. The molecule has 1 aliphatic heterocycles. The molecule has 1 fully saturated rings. The minimum Gasteiger partial charge on any atom is -0.396 e. The molecule has 2 aromatic rings. The number of rotatable bonds is 5. The van der Waals surface area contributed by atoms with E-state index in [-0.39, 0.29) is 18.7 Å². The minimum atomic E-state index is -0.685. The molecule has 2 aromatic heterocycles. The monoisotopic (exact) mass is 358 g/mol. The Labute approximate surface area is 153 Å². The molecule has 1 saturated heterocycles. The van der Waals surface area contributed by atoms with Crippen molar-refractivity contribution in [1.29, 1.82) is 0 Å². The van der Waals surface area contributed by atoms with Crippen molar-refractivity contribution < 1.29 is 10.2 Å². The fourth-order valence-electron chi connectivity index (χ4n) is 3.26. The third kappa shape index (κ3) is 3.91. The lowest BCUT2D eigenvalue weighted by Gasteiger charge is -2.45. The Bertz CT molecular complexity index is 741. The van der Waals surface area contributed by atoms with Gasteiger partial charge in [-0.05, 0) is 32.9 Å². The van der Waals surface area contributed by atoms with Crippen molar-refractivity contribution >= 4 is 11.6 Å². The predicted octanol–water partition coefficient (Wildman–Crippen LogP) is 0.958. The summed E-state index contributed by atoms with van der Waals surface area (Å²) in [5.41, 5.74) is 0. The molecule has 3 atom stereocenters. The highest BCUT2D eigenvalue weighted by Crippen LogP contribution is 2.25. The van der Waals surface area contributed by atoms with Crippen molar-refractivity contribution in [3.63, 3.8) is 0 Å². The number of anilines is 2. The van der Waals surface area contributed by atoms with Crippen molar-refractivity contribution in [1.82, 2.24) is 19.9 Å². The quantitative estimate of drug-likeness (QED) is 0.815. The van der Waals surface area contributed by atoms with Gasteiger partial charge in [-0.25, -0.2) is 19.9 Å². The topological polar surface area (TPSA) is 98.5 Å². The molecule has 1 aliphatic rings. The van der Waals surface area contributed by atoms with E-state index in [1.54, 1.807) is 19.3 Å². The van der Waals surface area contributed by atoms with Crippen LogP contribution in [0.4, 0.5) is 11.6 Å². The van der Waals surface area contributed by atoms with Crippen molar-refractivity contribution in [2.45, 2.75) is 45.4 Å². The van der Waals surface area contributed by atoms with E-state index < -0.39 is 6.10 Å². The second-order valence-electron chi connectivity index (χ2n) is 6.76. The maximum Gasteiger partial charge on any atom is 0.158 e. The fourth-order valence-corrected chi connectivity index (χ4v) is 3.26. The molecule has 8 nitrogen and oxygen atoms in total. The van der Waals surface area contributed by atoms with Gasteiger partial charge < -0.3 is 20.0 Å². The maximum atomic E-state index is 9.74. The Morgan fingerprint density at radius 2 is 1.62 bits per heavy atom. The summed E-state index contributed by atoms with van der Waals surface area (Å²) < 4.78 is 0. The van der Waals surface area contributed by atoms with Crippen LogP contribution in [0.3, 0.4) is 0 Å². The van der Waals surface area contributed by atoms with Gasteiger partial charge in [-0.1, -0.05) is 0 Å². The van der Waals surface area contributed by atoms with Crippen LogP contribution < -0.4 is 9.80 Å². The zero-order valence-electron chi connectivity index (χ0n) is 15.4. The Balaban J connectivity index is 1.79. The van der Waals surface area contributed by atoms with Crippen molar-refractivity contribution in [2.75, 3.05) is 29.5 Å². The number of aliphatic hydroxyl groups excluding tert-OH is 2. The van der Waals surface area contributed by atoms with E-state index in [1.807, 2.05) is 12.1 Å². The number of hydrogen-bond acceptors (Lipinski definition) is 8. The third-order valence-electron chi connectivity index (χ3n) is 4.63. The molecule has 26 heavy (non-hydrogen) atoms. The number of piperazine rings is 1. The van der Waals surface area contributed by atoms with Crippen LogP contribution in [-0.4, -0.2) is 61.9 Å². The smallest absolute Gasteiger partial charge is 0.158 e. The molecule has 2 N–H and O–H groups in total. The molecular formula is C18H26N6O2. The van der Waals surface area contributed by atoms with Crippen LogP contribution in [0.25, 0.3) is 0 Å².